The number of esters is 1. The lowest BCUT2D eigenvalue weighted by molar-refractivity contribution is -0.143. The molecule has 0 saturated carbocycles. The lowest BCUT2D eigenvalue weighted by atomic mass is 10.2. The first-order valence-electron chi connectivity index (χ1n) is 5.44. The molecule has 1 aromatic rings. The molecule has 0 bridgehead atoms. The Bertz CT molecular complexity index is 529. The molecule has 98 valence electrons. The Kier molecular flexibility index (Phi) is 4.67. The number of ether oxygens (including phenoxy) is 1. The predicted octanol–water partition coefficient (Wildman–Crippen LogP) is 1.89. The van der Waals surface area contributed by atoms with E-state index in [1.807, 2.05) is 6.92 Å². The Morgan fingerprint density at radius 2 is 1.94 bits per heavy atom. The van der Waals surface area contributed by atoms with Crippen molar-refractivity contribution in [1.82, 2.24) is 0 Å². The van der Waals surface area contributed by atoms with Crippen LogP contribution in [0.25, 0.3) is 0 Å². The van der Waals surface area contributed by atoms with Gasteiger partial charge in [0.25, 0.3) is 0 Å². The van der Waals surface area contributed by atoms with Crippen LogP contribution in [0, 0.1) is 6.92 Å². The highest BCUT2D eigenvalue weighted by molar-refractivity contribution is 7.91. The van der Waals surface area contributed by atoms with Crippen LogP contribution in [0.4, 0.5) is 0 Å². The molecule has 1 atom stereocenters. The number of carbonyl (C=O) groups excluding carboxylic acids is 1. The maximum Gasteiger partial charge on any atom is 0.303 e. The van der Waals surface area contributed by atoms with E-state index in [1.165, 1.54) is 13.0 Å². The van der Waals surface area contributed by atoms with Crippen molar-refractivity contribution in [2.45, 2.75) is 24.8 Å². The average Bonchev–Trinajstić information content (AvgIpc) is 2.27. The summed E-state index contributed by atoms with van der Waals surface area (Å²) in [6, 6.07) is 6.53. The third-order valence-electron chi connectivity index (χ3n) is 2.34. The highest BCUT2D eigenvalue weighted by atomic mass is 32.2. The van der Waals surface area contributed by atoms with Crippen LogP contribution in [0.3, 0.4) is 0 Å². The van der Waals surface area contributed by atoms with Crippen LogP contribution in [-0.4, -0.2) is 26.2 Å². The molecule has 0 radical (unpaired) electrons. The summed E-state index contributed by atoms with van der Waals surface area (Å²) in [7, 11) is -3.48. The molecule has 0 aliphatic heterocycles. The summed E-state index contributed by atoms with van der Waals surface area (Å²) in [6.45, 7) is 6.57. The zero-order valence-electron chi connectivity index (χ0n) is 10.4. The molecule has 5 heteroatoms. The van der Waals surface area contributed by atoms with Gasteiger partial charge in [-0.15, -0.1) is 0 Å². The van der Waals surface area contributed by atoms with Gasteiger partial charge in [0.2, 0.25) is 0 Å². The van der Waals surface area contributed by atoms with E-state index in [4.69, 9.17) is 4.74 Å². The summed E-state index contributed by atoms with van der Waals surface area (Å²) in [4.78, 5) is 11.0. The molecule has 0 aliphatic rings. The smallest absolute Gasteiger partial charge is 0.303 e. The maximum atomic E-state index is 12.1. The van der Waals surface area contributed by atoms with Crippen LogP contribution in [0.2, 0.25) is 0 Å². The summed E-state index contributed by atoms with van der Waals surface area (Å²) < 4.78 is 29.0. The molecule has 1 aromatic carbocycles. The Balaban J connectivity index is 2.90. The lowest BCUT2D eigenvalue weighted by Gasteiger charge is -2.13. The number of carbonyl (C=O) groups is 1. The molecule has 0 N–H and O–H groups in total. The fourth-order valence-electron chi connectivity index (χ4n) is 1.42. The first-order chi connectivity index (χ1) is 8.35. The number of benzene rings is 1. The first kappa shape index (κ1) is 14.4. The lowest BCUT2D eigenvalue weighted by Crippen LogP contribution is -2.24. The molecule has 1 rings (SSSR count). The van der Waals surface area contributed by atoms with Crippen molar-refractivity contribution in [3.05, 3.63) is 42.5 Å². The standard InChI is InChI=1S/C13H16O4S/c1-4-12(17-11(3)14)9-18(15,16)13-7-5-10(2)6-8-13/h4-8,12H,1,9H2,2-3H3. The highest BCUT2D eigenvalue weighted by Gasteiger charge is 2.21. The molecule has 0 heterocycles. The van der Waals surface area contributed by atoms with Crippen molar-refractivity contribution in [1.29, 1.82) is 0 Å². The van der Waals surface area contributed by atoms with Crippen molar-refractivity contribution < 1.29 is 17.9 Å². The van der Waals surface area contributed by atoms with Gasteiger partial charge in [-0.05, 0) is 19.1 Å². The van der Waals surface area contributed by atoms with Crippen molar-refractivity contribution in [3.8, 4) is 0 Å². The maximum absolute atomic E-state index is 12.1. The minimum absolute atomic E-state index is 0.215. The molecule has 0 spiro atoms. The van der Waals surface area contributed by atoms with E-state index in [2.05, 4.69) is 6.58 Å². The normalized spacial score (nSPS) is 12.8. The fourth-order valence-corrected chi connectivity index (χ4v) is 2.80. The van der Waals surface area contributed by atoms with E-state index < -0.39 is 21.9 Å². The SMILES string of the molecule is C=CC(CS(=O)(=O)c1ccc(C)cc1)OC(C)=O. The molecule has 0 saturated heterocycles. The van der Waals surface area contributed by atoms with Crippen molar-refractivity contribution >= 4 is 15.8 Å². The molecule has 1 unspecified atom stereocenters. The molecule has 4 nitrogen and oxygen atoms in total. The van der Waals surface area contributed by atoms with Gasteiger partial charge in [-0.25, -0.2) is 8.42 Å². The average molecular weight is 268 g/mol. The summed E-state index contributed by atoms with van der Waals surface area (Å²) in [6.07, 6.45) is 0.487. The second-order valence-electron chi connectivity index (χ2n) is 3.98. The Morgan fingerprint density at radius 1 is 1.39 bits per heavy atom. The first-order valence-corrected chi connectivity index (χ1v) is 7.09. The van der Waals surface area contributed by atoms with Gasteiger partial charge in [0.05, 0.1) is 10.6 Å². The number of sulfone groups is 1. The molecular formula is C13H16O4S. The summed E-state index contributed by atoms with van der Waals surface area (Å²) >= 11 is 0. The van der Waals surface area contributed by atoms with Crippen LogP contribution in [0.5, 0.6) is 0 Å². The van der Waals surface area contributed by atoms with E-state index in [0.29, 0.717) is 0 Å². The summed E-state index contributed by atoms with van der Waals surface area (Å²) in [5, 5.41) is 0. The molecule has 18 heavy (non-hydrogen) atoms. The minimum Gasteiger partial charge on any atom is -0.457 e. The second kappa shape index (κ2) is 5.82. The molecular weight excluding hydrogens is 252 g/mol. The predicted molar refractivity (Wildman–Crippen MR) is 69.0 cm³/mol. The monoisotopic (exact) mass is 268 g/mol. The van der Waals surface area contributed by atoms with E-state index >= 15 is 0 Å². The number of hydrogen-bond acceptors (Lipinski definition) is 4. The number of rotatable bonds is 5. The van der Waals surface area contributed by atoms with Crippen molar-refractivity contribution in [3.63, 3.8) is 0 Å². The molecule has 0 fully saturated rings. The molecule has 0 aromatic heterocycles. The zero-order valence-corrected chi connectivity index (χ0v) is 11.2. The van der Waals surface area contributed by atoms with Gasteiger partial charge >= 0.3 is 5.97 Å². The van der Waals surface area contributed by atoms with Crippen LogP contribution < -0.4 is 0 Å². The molecule has 0 aliphatic carbocycles. The Morgan fingerprint density at radius 3 is 2.39 bits per heavy atom. The van der Waals surface area contributed by atoms with Crippen LogP contribution in [0.15, 0.2) is 41.8 Å². The number of hydrogen-bond donors (Lipinski definition) is 0. The van der Waals surface area contributed by atoms with Crippen LogP contribution in [0.1, 0.15) is 12.5 Å². The number of aryl methyl sites for hydroxylation is 1. The fraction of sp³-hybridized carbons (Fsp3) is 0.308. The highest BCUT2D eigenvalue weighted by Crippen LogP contribution is 2.14. The van der Waals surface area contributed by atoms with Gasteiger partial charge in [-0.2, -0.15) is 0 Å². The summed E-state index contributed by atoms with van der Waals surface area (Å²) in [5.74, 6) is -0.821. The van der Waals surface area contributed by atoms with E-state index in [9.17, 15) is 13.2 Å². The minimum atomic E-state index is -3.48. The van der Waals surface area contributed by atoms with E-state index in [0.717, 1.165) is 5.56 Å². The summed E-state index contributed by atoms with van der Waals surface area (Å²) in [5.41, 5.74) is 0.981. The third-order valence-corrected chi connectivity index (χ3v) is 4.10. The van der Waals surface area contributed by atoms with Crippen LogP contribution >= 0.6 is 0 Å². The quantitative estimate of drug-likeness (QED) is 0.604. The van der Waals surface area contributed by atoms with Gasteiger partial charge in [0, 0.05) is 6.92 Å². The van der Waals surface area contributed by atoms with Crippen LogP contribution in [-0.2, 0) is 19.4 Å². The Labute approximate surface area is 107 Å². The van der Waals surface area contributed by atoms with Gasteiger partial charge in [-0.1, -0.05) is 30.4 Å². The van der Waals surface area contributed by atoms with Gasteiger partial charge < -0.3 is 4.74 Å². The van der Waals surface area contributed by atoms with Gasteiger partial charge in [-0.3, -0.25) is 4.79 Å². The largest absolute Gasteiger partial charge is 0.457 e. The third kappa shape index (κ3) is 4.00. The topological polar surface area (TPSA) is 60.4 Å². The van der Waals surface area contributed by atoms with Crippen molar-refractivity contribution in [2.24, 2.45) is 0 Å². The van der Waals surface area contributed by atoms with Gasteiger partial charge in [0.1, 0.15) is 6.10 Å². The van der Waals surface area contributed by atoms with Gasteiger partial charge in [0.15, 0.2) is 9.84 Å². The molecule has 0 amide bonds. The van der Waals surface area contributed by atoms with E-state index in [-0.39, 0.29) is 10.6 Å². The van der Waals surface area contributed by atoms with Crippen molar-refractivity contribution in [2.75, 3.05) is 5.75 Å². The zero-order chi connectivity index (χ0) is 13.8. The van der Waals surface area contributed by atoms with E-state index in [1.54, 1.807) is 24.3 Å². The Hall–Kier alpha value is -1.62. The second-order valence-corrected chi connectivity index (χ2v) is 6.01.